The van der Waals surface area contributed by atoms with Crippen LogP contribution in [0.2, 0.25) is 0 Å². The standard InChI is InChI=1S/C11H22N2O/c1-3-13(6-7-14-2)9-10-4-5-11(12)8-10/h4-5,10-11H,3,6-9,12H2,1-2H3. The average Bonchev–Trinajstić information content (AvgIpc) is 2.58. The van der Waals surface area contributed by atoms with Gasteiger partial charge in [-0.15, -0.1) is 0 Å². The number of ether oxygens (including phenoxy) is 1. The summed E-state index contributed by atoms with van der Waals surface area (Å²) in [6.07, 6.45) is 5.47. The monoisotopic (exact) mass is 198 g/mol. The van der Waals surface area contributed by atoms with Crippen molar-refractivity contribution in [2.45, 2.75) is 19.4 Å². The van der Waals surface area contributed by atoms with Crippen LogP contribution in [-0.2, 0) is 4.74 Å². The first-order chi connectivity index (χ1) is 6.76. The third-order valence-electron chi connectivity index (χ3n) is 2.76. The second kappa shape index (κ2) is 6.17. The van der Waals surface area contributed by atoms with Crippen molar-refractivity contribution >= 4 is 0 Å². The fourth-order valence-electron chi connectivity index (χ4n) is 1.87. The second-order valence-corrected chi connectivity index (χ2v) is 3.93. The predicted molar refractivity (Wildman–Crippen MR) is 59.2 cm³/mol. The molecule has 0 aromatic carbocycles. The minimum atomic E-state index is 0.279. The second-order valence-electron chi connectivity index (χ2n) is 3.93. The predicted octanol–water partition coefficient (Wildman–Crippen LogP) is 0.858. The highest BCUT2D eigenvalue weighted by Crippen LogP contribution is 2.17. The molecule has 3 nitrogen and oxygen atoms in total. The van der Waals surface area contributed by atoms with E-state index in [-0.39, 0.29) is 6.04 Å². The smallest absolute Gasteiger partial charge is 0.0589 e. The van der Waals surface area contributed by atoms with Crippen molar-refractivity contribution in [2.75, 3.05) is 33.4 Å². The first-order valence-corrected chi connectivity index (χ1v) is 5.41. The molecular formula is C11H22N2O. The van der Waals surface area contributed by atoms with Crippen LogP contribution >= 0.6 is 0 Å². The average molecular weight is 198 g/mol. The summed E-state index contributed by atoms with van der Waals surface area (Å²) in [6.45, 7) is 6.23. The third kappa shape index (κ3) is 3.78. The van der Waals surface area contributed by atoms with Gasteiger partial charge in [0, 0.05) is 26.2 Å². The van der Waals surface area contributed by atoms with Gasteiger partial charge in [0.1, 0.15) is 0 Å². The van der Waals surface area contributed by atoms with Crippen molar-refractivity contribution in [3.8, 4) is 0 Å². The summed E-state index contributed by atoms with van der Waals surface area (Å²) in [7, 11) is 1.75. The van der Waals surface area contributed by atoms with Gasteiger partial charge in [0.15, 0.2) is 0 Å². The van der Waals surface area contributed by atoms with Crippen molar-refractivity contribution in [1.29, 1.82) is 0 Å². The van der Waals surface area contributed by atoms with E-state index in [1.54, 1.807) is 7.11 Å². The van der Waals surface area contributed by atoms with Crippen LogP contribution in [-0.4, -0.2) is 44.3 Å². The van der Waals surface area contributed by atoms with Crippen molar-refractivity contribution in [3.05, 3.63) is 12.2 Å². The molecule has 0 heterocycles. The van der Waals surface area contributed by atoms with Gasteiger partial charge in [0.25, 0.3) is 0 Å². The Morgan fingerprint density at radius 3 is 2.79 bits per heavy atom. The number of nitrogens with zero attached hydrogens (tertiary/aromatic N) is 1. The lowest BCUT2D eigenvalue weighted by molar-refractivity contribution is 0.144. The molecule has 0 radical (unpaired) electrons. The summed E-state index contributed by atoms with van der Waals surface area (Å²) in [5.74, 6) is 0.641. The van der Waals surface area contributed by atoms with Gasteiger partial charge in [-0.25, -0.2) is 0 Å². The van der Waals surface area contributed by atoms with Gasteiger partial charge < -0.3 is 15.4 Å². The molecule has 1 rings (SSSR count). The highest BCUT2D eigenvalue weighted by molar-refractivity contribution is 5.05. The van der Waals surface area contributed by atoms with E-state index in [1.807, 2.05) is 0 Å². The lowest BCUT2D eigenvalue weighted by atomic mass is 10.1. The van der Waals surface area contributed by atoms with Crippen LogP contribution in [0.25, 0.3) is 0 Å². The zero-order valence-electron chi connectivity index (χ0n) is 9.28. The van der Waals surface area contributed by atoms with Crippen molar-refractivity contribution < 1.29 is 4.74 Å². The van der Waals surface area contributed by atoms with Crippen molar-refractivity contribution in [1.82, 2.24) is 4.90 Å². The topological polar surface area (TPSA) is 38.5 Å². The van der Waals surface area contributed by atoms with Gasteiger partial charge in [0.05, 0.1) is 6.61 Å². The van der Waals surface area contributed by atoms with Crippen LogP contribution < -0.4 is 5.73 Å². The molecule has 1 aliphatic carbocycles. The van der Waals surface area contributed by atoms with E-state index in [2.05, 4.69) is 24.0 Å². The van der Waals surface area contributed by atoms with Crippen LogP contribution in [0.5, 0.6) is 0 Å². The van der Waals surface area contributed by atoms with Gasteiger partial charge in [-0.05, 0) is 18.9 Å². The third-order valence-corrected chi connectivity index (χ3v) is 2.76. The van der Waals surface area contributed by atoms with Crippen LogP contribution in [0.15, 0.2) is 12.2 Å². The molecule has 0 bridgehead atoms. The molecule has 0 saturated heterocycles. The summed E-state index contributed by atoms with van der Waals surface area (Å²) in [5.41, 5.74) is 5.81. The maximum atomic E-state index is 5.81. The molecule has 0 saturated carbocycles. The molecule has 2 N–H and O–H groups in total. The summed E-state index contributed by atoms with van der Waals surface area (Å²) in [4.78, 5) is 2.41. The molecule has 82 valence electrons. The van der Waals surface area contributed by atoms with E-state index in [1.165, 1.54) is 0 Å². The highest BCUT2D eigenvalue weighted by atomic mass is 16.5. The molecule has 2 atom stereocenters. The lowest BCUT2D eigenvalue weighted by Crippen LogP contribution is -2.32. The number of hydrogen-bond donors (Lipinski definition) is 1. The summed E-state index contributed by atoms with van der Waals surface area (Å²) in [5, 5.41) is 0. The number of likely N-dealkylation sites (N-methyl/N-ethyl adjacent to an activating group) is 1. The SMILES string of the molecule is CCN(CCOC)CC1C=CC(N)C1. The molecule has 14 heavy (non-hydrogen) atoms. The van der Waals surface area contributed by atoms with E-state index >= 15 is 0 Å². The first-order valence-electron chi connectivity index (χ1n) is 5.41. The minimum Gasteiger partial charge on any atom is -0.383 e. The van der Waals surface area contributed by atoms with Gasteiger partial charge in [0.2, 0.25) is 0 Å². The van der Waals surface area contributed by atoms with E-state index in [4.69, 9.17) is 10.5 Å². The molecule has 3 heteroatoms. The van der Waals surface area contributed by atoms with Crippen LogP contribution in [0.1, 0.15) is 13.3 Å². The Morgan fingerprint density at radius 2 is 2.29 bits per heavy atom. The Hall–Kier alpha value is -0.380. The van der Waals surface area contributed by atoms with Crippen LogP contribution in [0.3, 0.4) is 0 Å². The fraction of sp³-hybridized carbons (Fsp3) is 0.818. The maximum Gasteiger partial charge on any atom is 0.0589 e. The van der Waals surface area contributed by atoms with Gasteiger partial charge in [-0.1, -0.05) is 19.1 Å². The Bertz CT molecular complexity index is 182. The highest BCUT2D eigenvalue weighted by Gasteiger charge is 2.17. The van der Waals surface area contributed by atoms with E-state index in [0.29, 0.717) is 5.92 Å². The zero-order chi connectivity index (χ0) is 10.4. The number of rotatable bonds is 6. The van der Waals surface area contributed by atoms with E-state index in [0.717, 1.165) is 32.7 Å². The first kappa shape index (κ1) is 11.7. The molecule has 0 spiro atoms. The van der Waals surface area contributed by atoms with E-state index < -0.39 is 0 Å². The van der Waals surface area contributed by atoms with E-state index in [9.17, 15) is 0 Å². The fourth-order valence-corrected chi connectivity index (χ4v) is 1.87. The molecule has 0 aromatic rings. The Labute approximate surface area is 86.9 Å². The minimum absolute atomic E-state index is 0.279. The molecular weight excluding hydrogens is 176 g/mol. The van der Waals surface area contributed by atoms with Gasteiger partial charge >= 0.3 is 0 Å². The molecule has 2 unspecified atom stereocenters. The van der Waals surface area contributed by atoms with Crippen molar-refractivity contribution in [3.63, 3.8) is 0 Å². The zero-order valence-corrected chi connectivity index (χ0v) is 9.28. The quantitative estimate of drug-likeness (QED) is 0.643. The number of methoxy groups -OCH3 is 1. The normalized spacial score (nSPS) is 26.3. The van der Waals surface area contributed by atoms with Gasteiger partial charge in [-0.2, -0.15) is 0 Å². The Morgan fingerprint density at radius 1 is 1.50 bits per heavy atom. The maximum absolute atomic E-state index is 5.81. The van der Waals surface area contributed by atoms with Crippen LogP contribution in [0, 0.1) is 5.92 Å². The molecule has 1 aliphatic rings. The Kier molecular flexibility index (Phi) is 5.15. The molecule has 0 fully saturated rings. The number of nitrogens with two attached hydrogens (primary N) is 1. The summed E-state index contributed by atoms with van der Waals surface area (Å²) < 4.78 is 5.08. The van der Waals surface area contributed by atoms with Crippen LogP contribution in [0.4, 0.5) is 0 Å². The molecule has 0 aliphatic heterocycles. The lowest BCUT2D eigenvalue weighted by Gasteiger charge is -2.23. The number of hydrogen-bond acceptors (Lipinski definition) is 3. The molecule has 0 aromatic heterocycles. The summed E-state index contributed by atoms with van der Waals surface area (Å²) >= 11 is 0. The largest absolute Gasteiger partial charge is 0.383 e. The summed E-state index contributed by atoms with van der Waals surface area (Å²) in [6, 6.07) is 0.279. The van der Waals surface area contributed by atoms with Gasteiger partial charge in [-0.3, -0.25) is 0 Å². The Balaban J connectivity index is 2.23. The molecule has 0 amide bonds. The van der Waals surface area contributed by atoms with Crippen molar-refractivity contribution in [2.24, 2.45) is 11.7 Å².